The van der Waals surface area contributed by atoms with Crippen molar-refractivity contribution in [2.75, 3.05) is 18.5 Å². The summed E-state index contributed by atoms with van der Waals surface area (Å²) < 4.78 is 5.53. The Morgan fingerprint density at radius 1 is 1.00 bits per heavy atom. The molecule has 16 heavy (non-hydrogen) atoms. The predicted octanol–water partition coefficient (Wildman–Crippen LogP) is 4.08. The average Bonchev–Trinajstić information content (AvgIpc) is 2.33. The molecule has 0 heterocycles. The van der Waals surface area contributed by atoms with E-state index in [1.807, 2.05) is 12.1 Å². The number of hydrogen-bond donors (Lipinski definition) is 1. The molecular formula is C14H23NO. The van der Waals surface area contributed by atoms with Crippen LogP contribution in [0.1, 0.15) is 39.5 Å². The maximum Gasteiger partial charge on any atom is 0.119 e. The average molecular weight is 221 g/mol. The van der Waals surface area contributed by atoms with Gasteiger partial charge in [-0.3, -0.25) is 0 Å². The van der Waals surface area contributed by atoms with Crippen molar-refractivity contribution in [3.8, 4) is 5.75 Å². The molecule has 2 heteroatoms. The van der Waals surface area contributed by atoms with Crippen LogP contribution in [0.4, 0.5) is 5.69 Å². The topological polar surface area (TPSA) is 21.3 Å². The van der Waals surface area contributed by atoms with E-state index in [2.05, 4.69) is 31.3 Å². The van der Waals surface area contributed by atoms with Gasteiger partial charge in [-0.2, -0.15) is 0 Å². The highest BCUT2D eigenvalue weighted by atomic mass is 16.5. The zero-order chi connectivity index (χ0) is 11.6. The van der Waals surface area contributed by atoms with Gasteiger partial charge in [0.1, 0.15) is 5.75 Å². The fraction of sp³-hybridized carbons (Fsp3) is 0.571. The molecule has 0 aliphatic heterocycles. The van der Waals surface area contributed by atoms with E-state index in [1.54, 1.807) is 0 Å². The molecule has 0 aliphatic rings. The van der Waals surface area contributed by atoms with Gasteiger partial charge in [-0.05, 0) is 37.1 Å². The molecule has 90 valence electrons. The number of rotatable bonds is 8. The number of unbranched alkanes of at least 4 members (excludes halogenated alkanes) is 2. The third-order valence-corrected chi connectivity index (χ3v) is 2.44. The Bertz CT molecular complexity index is 269. The Morgan fingerprint density at radius 2 is 1.75 bits per heavy atom. The van der Waals surface area contributed by atoms with Crippen LogP contribution in [0.3, 0.4) is 0 Å². The van der Waals surface area contributed by atoms with Gasteiger partial charge in [-0.25, -0.2) is 0 Å². The van der Waals surface area contributed by atoms with Gasteiger partial charge in [0.25, 0.3) is 0 Å². The van der Waals surface area contributed by atoms with E-state index in [9.17, 15) is 0 Å². The Morgan fingerprint density at radius 3 is 2.38 bits per heavy atom. The minimum Gasteiger partial charge on any atom is -0.494 e. The normalized spacial score (nSPS) is 10.1. The molecule has 2 nitrogen and oxygen atoms in total. The van der Waals surface area contributed by atoms with Gasteiger partial charge in [0.2, 0.25) is 0 Å². The summed E-state index contributed by atoms with van der Waals surface area (Å²) in [5, 5.41) is 3.41. The van der Waals surface area contributed by atoms with E-state index < -0.39 is 0 Å². The molecule has 1 rings (SSSR count). The summed E-state index contributed by atoms with van der Waals surface area (Å²) in [6.07, 6.45) is 4.86. The first-order valence-corrected chi connectivity index (χ1v) is 6.33. The van der Waals surface area contributed by atoms with Crippen molar-refractivity contribution in [2.24, 2.45) is 0 Å². The maximum absolute atomic E-state index is 5.53. The standard InChI is InChI=1S/C14H23NO/c1-3-5-6-11-15-13-7-9-14(10-8-13)16-12-4-2/h7-10,15H,3-6,11-12H2,1-2H3. The lowest BCUT2D eigenvalue weighted by Gasteiger charge is -2.08. The predicted molar refractivity (Wildman–Crippen MR) is 70.2 cm³/mol. The fourth-order valence-corrected chi connectivity index (χ4v) is 1.50. The van der Waals surface area contributed by atoms with Crippen LogP contribution in [-0.2, 0) is 0 Å². The van der Waals surface area contributed by atoms with Crippen molar-refractivity contribution in [1.29, 1.82) is 0 Å². The quantitative estimate of drug-likeness (QED) is 0.668. The van der Waals surface area contributed by atoms with Crippen LogP contribution in [0, 0.1) is 0 Å². The fourth-order valence-electron chi connectivity index (χ4n) is 1.50. The van der Waals surface area contributed by atoms with Crippen LogP contribution in [0.5, 0.6) is 5.75 Å². The number of hydrogen-bond acceptors (Lipinski definition) is 2. The number of anilines is 1. The van der Waals surface area contributed by atoms with Crippen LogP contribution < -0.4 is 10.1 Å². The second kappa shape index (κ2) is 8.03. The number of ether oxygens (including phenoxy) is 1. The second-order valence-electron chi connectivity index (χ2n) is 4.01. The molecule has 0 saturated carbocycles. The van der Waals surface area contributed by atoms with Crippen molar-refractivity contribution in [2.45, 2.75) is 39.5 Å². The first kappa shape index (κ1) is 12.9. The smallest absolute Gasteiger partial charge is 0.119 e. The van der Waals surface area contributed by atoms with Crippen LogP contribution in [0.2, 0.25) is 0 Å². The van der Waals surface area contributed by atoms with Gasteiger partial charge in [0, 0.05) is 12.2 Å². The lowest BCUT2D eigenvalue weighted by Crippen LogP contribution is -2.01. The third kappa shape index (κ3) is 5.06. The Hall–Kier alpha value is -1.18. The Balaban J connectivity index is 2.27. The summed E-state index contributed by atoms with van der Waals surface area (Å²) in [6, 6.07) is 8.21. The molecule has 0 spiro atoms. The Labute approximate surface area is 99.0 Å². The van der Waals surface area contributed by atoms with E-state index in [4.69, 9.17) is 4.74 Å². The highest BCUT2D eigenvalue weighted by Gasteiger charge is 1.94. The molecular weight excluding hydrogens is 198 g/mol. The molecule has 0 amide bonds. The number of nitrogens with one attached hydrogen (secondary N) is 1. The molecule has 0 bridgehead atoms. The highest BCUT2D eigenvalue weighted by molar-refractivity contribution is 5.46. The van der Waals surface area contributed by atoms with Crippen molar-refractivity contribution in [3.63, 3.8) is 0 Å². The van der Waals surface area contributed by atoms with Crippen LogP contribution in [-0.4, -0.2) is 13.2 Å². The molecule has 0 aromatic heterocycles. The molecule has 1 N–H and O–H groups in total. The Kier molecular flexibility index (Phi) is 6.47. The van der Waals surface area contributed by atoms with Crippen LogP contribution in [0.25, 0.3) is 0 Å². The van der Waals surface area contributed by atoms with E-state index >= 15 is 0 Å². The molecule has 1 aromatic rings. The second-order valence-corrected chi connectivity index (χ2v) is 4.01. The molecule has 0 radical (unpaired) electrons. The van der Waals surface area contributed by atoms with Gasteiger partial charge in [-0.1, -0.05) is 26.7 Å². The molecule has 0 unspecified atom stereocenters. The summed E-state index contributed by atoms with van der Waals surface area (Å²) in [5.74, 6) is 0.959. The largest absolute Gasteiger partial charge is 0.494 e. The lowest BCUT2D eigenvalue weighted by molar-refractivity contribution is 0.317. The summed E-state index contributed by atoms with van der Waals surface area (Å²) in [4.78, 5) is 0. The van der Waals surface area contributed by atoms with Crippen molar-refractivity contribution in [3.05, 3.63) is 24.3 Å². The van der Waals surface area contributed by atoms with Crippen LogP contribution in [0.15, 0.2) is 24.3 Å². The molecule has 0 aliphatic carbocycles. The van der Waals surface area contributed by atoms with Gasteiger partial charge in [-0.15, -0.1) is 0 Å². The van der Waals surface area contributed by atoms with E-state index in [-0.39, 0.29) is 0 Å². The van der Waals surface area contributed by atoms with Crippen molar-refractivity contribution in [1.82, 2.24) is 0 Å². The zero-order valence-electron chi connectivity index (χ0n) is 10.5. The van der Waals surface area contributed by atoms with Gasteiger partial charge < -0.3 is 10.1 Å². The molecule has 0 fully saturated rings. The number of benzene rings is 1. The molecule has 0 atom stereocenters. The summed E-state index contributed by atoms with van der Waals surface area (Å²) in [7, 11) is 0. The van der Waals surface area contributed by atoms with E-state index in [1.165, 1.54) is 24.9 Å². The van der Waals surface area contributed by atoms with E-state index in [0.717, 1.165) is 25.3 Å². The minimum absolute atomic E-state index is 0.795. The highest BCUT2D eigenvalue weighted by Crippen LogP contribution is 2.15. The SMILES string of the molecule is CCCCCNc1ccc(OCCC)cc1. The van der Waals surface area contributed by atoms with Gasteiger partial charge >= 0.3 is 0 Å². The third-order valence-electron chi connectivity index (χ3n) is 2.44. The summed E-state index contributed by atoms with van der Waals surface area (Å²) >= 11 is 0. The summed E-state index contributed by atoms with van der Waals surface area (Å²) in [6.45, 7) is 6.19. The molecule has 1 aromatic carbocycles. The monoisotopic (exact) mass is 221 g/mol. The van der Waals surface area contributed by atoms with Gasteiger partial charge in [0.05, 0.1) is 6.61 Å². The van der Waals surface area contributed by atoms with Crippen LogP contribution >= 0.6 is 0 Å². The van der Waals surface area contributed by atoms with Gasteiger partial charge in [0.15, 0.2) is 0 Å². The van der Waals surface area contributed by atoms with E-state index in [0.29, 0.717) is 0 Å². The lowest BCUT2D eigenvalue weighted by atomic mass is 10.2. The first-order chi connectivity index (χ1) is 7.86. The maximum atomic E-state index is 5.53. The van der Waals surface area contributed by atoms with Crippen molar-refractivity contribution < 1.29 is 4.74 Å². The first-order valence-electron chi connectivity index (χ1n) is 6.33. The molecule has 0 saturated heterocycles. The van der Waals surface area contributed by atoms with Crippen molar-refractivity contribution >= 4 is 5.69 Å². The summed E-state index contributed by atoms with van der Waals surface area (Å²) in [5.41, 5.74) is 1.18. The zero-order valence-corrected chi connectivity index (χ0v) is 10.5. The minimum atomic E-state index is 0.795.